The van der Waals surface area contributed by atoms with Crippen LogP contribution in [0, 0.1) is 10.1 Å². The van der Waals surface area contributed by atoms with E-state index in [-0.39, 0.29) is 16.4 Å². The molecule has 0 N–H and O–H groups in total. The molecule has 30 heavy (non-hydrogen) atoms. The Bertz CT molecular complexity index is 934. The number of hydrogen-bond donors (Lipinski definition) is 0. The molecule has 0 unspecified atom stereocenters. The van der Waals surface area contributed by atoms with Crippen LogP contribution in [-0.4, -0.2) is 91.9 Å². The van der Waals surface area contributed by atoms with E-state index < -0.39 is 26.4 Å². The second kappa shape index (κ2) is 9.09. The highest BCUT2D eigenvalue weighted by Crippen LogP contribution is 2.22. The van der Waals surface area contributed by atoms with E-state index in [4.69, 9.17) is 0 Å². The van der Waals surface area contributed by atoms with Gasteiger partial charge in [0.2, 0.25) is 5.91 Å². The number of non-ortho nitro benzene ring substituents is 1. The predicted molar refractivity (Wildman–Crippen MR) is 109 cm³/mol. The molecule has 0 spiro atoms. The number of likely N-dealkylation sites (tertiary alicyclic amines) is 1. The number of piperidine rings is 1. The van der Waals surface area contributed by atoms with Crippen LogP contribution in [0.5, 0.6) is 0 Å². The van der Waals surface area contributed by atoms with Crippen LogP contribution in [0.3, 0.4) is 0 Å². The summed E-state index contributed by atoms with van der Waals surface area (Å²) in [6.07, 6.45) is 4.17. The van der Waals surface area contributed by atoms with Gasteiger partial charge >= 0.3 is 0 Å². The van der Waals surface area contributed by atoms with E-state index in [1.807, 2.05) is 9.80 Å². The molecular formula is C19H26N4O6S. The molecule has 2 heterocycles. The van der Waals surface area contributed by atoms with Gasteiger partial charge < -0.3 is 9.80 Å². The second-order valence-corrected chi connectivity index (χ2v) is 9.77. The molecule has 3 rings (SSSR count). The first-order valence-corrected chi connectivity index (χ1v) is 11.8. The third kappa shape index (κ3) is 5.33. The maximum Gasteiger partial charge on any atom is 0.271 e. The lowest BCUT2D eigenvalue weighted by Crippen LogP contribution is -2.52. The maximum atomic E-state index is 12.8. The number of benzene rings is 1. The molecule has 1 aromatic rings. The number of amides is 2. The highest BCUT2D eigenvalue weighted by atomic mass is 32.2. The van der Waals surface area contributed by atoms with Gasteiger partial charge in [-0.1, -0.05) is 0 Å². The van der Waals surface area contributed by atoms with Crippen LogP contribution in [0.4, 0.5) is 5.69 Å². The van der Waals surface area contributed by atoms with E-state index in [1.54, 1.807) is 0 Å². The van der Waals surface area contributed by atoms with E-state index in [9.17, 15) is 28.1 Å². The smallest absolute Gasteiger partial charge is 0.271 e. The Morgan fingerprint density at radius 2 is 1.60 bits per heavy atom. The largest absolute Gasteiger partial charge is 0.342 e. The highest BCUT2D eigenvalue weighted by molar-refractivity contribution is 7.90. The first-order valence-electron chi connectivity index (χ1n) is 9.94. The summed E-state index contributed by atoms with van der Waals surface area (Å²) in [4.78, 5) is 40.9. The molecule has 164 valence electrons. The molecule has 2 aliphatic heterocycles. The van der Waals surface area contributed by atoms with Gasteiger partial charge in [-0.2, -0.15) is 0 Å². The first kappa shape index (κ1) is 22.2. The number of hydrogen-bond acceptors (Lipinski definition) is 7. The van der Waals surface area contributed by atoms with Gasteiger partial charge in [-0.05, 0) is 25.3 Å². The van der Waals surface area contributed by atoms with E-state index in [1.165, 1.54) is 11.0 Å². The molecule has 1 aromatic carbocycles. The molecule has 2 aliphatic rings. The van der Waals surface area contributed by atoms with Crippen molar-refractivity contribution in [3.05, 3.63) is 33.9 Å². The molecule has 2 saturated heterocycles. The third-order valence-electron chi connectivity index (χ3n) is 5.50. The second-order valence-electron chi connectivity index (χ2n) is 7.75. The Hall–Kier alpha value is -2.53. The molecule has 0 aromatic heterocycles. The predicted octanol–water partition coefficient (Wildman–Crippen LogP) is 0.769. The Morgan fingerprint density at radius 3 is 2.17 bits per heavy atom. The van der Waals surface area contributed by atoms with Crippen LogP contribution in [0.15, 0.2) is 23.1 Å². The molecule has 0 radical (unpaired) electrons. The Balaban J connectivity index is 1.64. The number of carbonyl (C=O) groups is 2. The van der Waals surface area contributed by atoms with Gasteiger partial charge in [0.15, 0.2) is 9.84 Å². The van der Waals surface area contributed by atoms with E-state index in [2.05, 4.69) is 0 Å². The minimum Gasteiger partial charge on any atom is -0.342 e. The molecule has 0 saturated carbocycles. The molecule has 11 heteroatoms. The summed E-state index contributed by atoms with van der Waals surface area (Å²) in [6, 6.07) is 3.23. The molecule has 0 atom stereocenters. The lowest BCUT2D eigenvalue weighted by atomic mass is 10.1. The molecule has 2 amide bonds. The number of sulfone groups is 1. The zero-order valence-corrected chi connectivity index (χ0v) is 17.8. The summed E-state index contributed by atoms with van der Waals surface area (Å²) >= 11 is 0. The summed E-state index contributed by atoms with van der Waals surface area (Å²) in [5.41, 5.74) is -0.463. The van der Waals surface area contributed by atoms with Gasteiger partial charge in [-0.3, -0.25) is 24.6 Å². The number of nitro benzene ring substituents is 1. The van der Waals surface area contributed by atoms with Crippen LogP contribution in [0.1, 0.15) is 29.6 Å². The van der Waals surface area contributed by atoms with Gasteiger partial charge in [-0.15, -0.1) is 0 Å². The van der Waals surface area contributed by atoms with Gasteiger partial charge in [0.05, 0.1) is 16.4 Å². The minimum absolute atomic E-state index is 0.0255. The average molecular weight is 439 g/mol. The van der Waals surface area contributed by atoms with Crippen molar-refractivity contribution in [3.63, 3.8) is 0 Å². The maximum absolute atomic E-state index is 12.8. The van der Waals surface area contributed by atoms with Crippen LogP contribution in [0.2, 0.25) is 0 Å². The van der Waals surface area contributed by atoms with Gasteiger partial charge in [-0.25, -0.2) is 8.42 Å². The fourth-order valence-electron chi connectivity index (χ4n) is 3.75. The number of piperazine rings is 1. The zero-order valence-electron chi connectivity index (χ0n) is 16.9. The standard InChI is InChI=1S/C19H26N4O6S/c1-30(28,29)17-12-15(11-16(13-17)23(26)27)19(25)22-9-7-20(8-10-22)14-18(24)21-5-3-2-4-6-21/h11-13H,2-10,14H2,1H3. The van der Waals surface area contributed by atoms with Crippen LogP contribution < -0.4 is 0 Å². The lowest BCUT2D eigenvalue weighted by Gasteiger charge is -2.36. The topological polar surface area (TPSA) is 121 Å². The van der Waals surface area contributed by atoms with E-state index in [0.29, 0.717) is 32.7 Å². The summed E-state index contributed by atoms with van der Waals surface area (Å²) in [6.45, 7) is 3.67. The number of nitro groups is 1. The van der Waals surface area contributed by atoms with Crippen molar-refractivity contribution in [2.24, 2.45) is 0 Å². The minimum atomic E-state index is -3.70. The molecule has 10 nitrogen and oxygen atoms in total. The van der Waals surface area contributed by atoms with Crippen LogP contribution >= 0.6 is 0 Å². The summed E-state index contributed by atoms with van der Waals surface area (Å²) in [7, 11) is -3.70. The zero-order chi connectivity index (χ0) is 21.9. The van der Waals surface area contributed by atoms with Gasteiger partial charge in [0.1, 0.15) is 0 Å². The summed E-state index contributed by atoms with van der Waals surface area (Å²) in [5, 5.41) is 11.2. The number of nitrogens with zero attached hydrogens (tertiary/aromatic N) is 4. The van der Waals surface area contributed by atoms with Crippen molar-refractivity contribution in [1.29, 1.82) is 0 Å². The van der Waals surface area contributed by atoms with Crippen LogP contribution in [-0.2, 0) is 14.6 Å². The summed E-state index contributed by atoms with van der Waals surface area (Å²) < 4.78 is 23.7. The van der Waals surface area contributed by atoms with Crippen molar-refractivity contribution >= 4 is 27.3 Å². The molecule has 2 fully saturated rings. The van der Waals surface area contributed by atoms with Crippen molar-refractivity contribution < 1.29 is 22.9 Å². The average Bonchev–Trinajstić information content (AvgIpc) is 2.73. The monoisotopic (exact) mass is 438 g/mol. The van der Waals surface area contributed by atoms with Gasteiger partial charge in [0, 0.05) is 63.2 Å². The van der Waals surface area contributed by atoms with Gasteiger partial charge in [0.25, 0.3) is 11.6 Å². The highest BCUT2D eigenvalue weighted by Gasteiger charge is 2.27. The fraction of sp³-hybridized carbons (Fsp3) is 0.579. The number of carbonyl (C=O) groups excluding carboxylic acids is 2. The molecular weight excluding hydrogens is 412 g/mol. The Labute approximate surface area is 175 Å². The SMILES string of the molecule is CS(=O)(=O)c1cc(C(=O)N2CCN(CC(=O)N3CCCCC3)CC2)cc([N+](=O)[O-])c1. The summed E-state index contributed by atoms with van der Waals surface area (Å²) in [5.74, 6) is -0.350. The van der Waals surface area contributed by atoms with E-state index in [0.717, 1.165) is 50.7 Å². The Kier molecular flexibility index (Phi) is 6.71. The first-order chi connectivity index (χ1) is 14.1. The quantitative estimate of drug-likeness (QED) is 0.492. The third-order valence-corrected chi connectivity index (χ3v) is 6.60. The fourth-order valence-corrected chi connectivity index (χ4v) is 4.43. The van der Waals surface area contributed by atoms with Crippen molar-refractivity contribution in [2.75, 3.05) is 52.1 Å². The van der Waals surface area contributed by atoms with Crippen molar-refractivity contribution in [1.82, 2.24) is 14.7 Å². The lowest BCUT2D eigenvalue weighted by molar-refractivity contribution is -0.385. The molecule has 0 bridgehead atoms. The Morgan fingerprint density at radius 1 is 0.967 bits per heavy atom. The number of rotatable bonds is 5. The molecule has 0 aliphatic carbocycles. The van der Waals surface area contributed by atoms with Crippen molar-refractivity contribution in [3.8, 4) is 0 Å². The van der Waals surface area contributed by atoms with Crippen LogP contribution in [0.25, 0.3) is 0 Å². The normalized spacial score (nSPS) is 18.3. The van der Waals surface area contributed by atoms with E-state index >= 15 is 0 Å². The van der Waals surface area contributed by atoms with Crippen molar-refractivity contribution in [2.45, 2.75) is 24.2 Å².